The highest BCUT2D eigenvalue weighted by atomic mass is 16.5. The van der Waals surface area contributed by atoms with E-state index in [9.17, 15) is 4.79 Å². The maximum absolute atomic E-state index is 12.8. The molecule has 2 aromatic rings. The first-order valence-corrected chi connectivity index (χ1v) is 8.17. The van der Waals surface area contributed by atoms with Crippen LogP contribution in [0.1, 0.15) is 37.3 Å². The molecule has 0 radical (unpaired) electrons. The molecule has 1 saturated carbocycles. The smallest absolute Gasteiger partial charge is 0.230 e. The van der Waals surface area contributed by atoms with Crippen LogP contribution in [0.2, 0.25) is 0 Å². The number of hydrogen-bond acceptors (Lipinski definition) is 3. The summed E-state index contributed by atoms with van der Waals surface area (Å²) in [5.74, 6) is 0.693. The third-order valence-electron chi connectivity index (χ3n) is 4.54. The van der Waals surface area contributed by atoms with Crippen LogP contribution in [0.25, 0.3) is 0 Å². The van der Waals surface area contributed by atoms with Crippen molar-refractivity contribution in [3.63, 3.8) is 0 Å². The molecule has 3 rings (SSSR count). The second kappa shape index (κ2) is 6.82. The van der Waals surface area contributed by atoms with E-state index in [0.717, 1.165) is 30.4 Å². The van der Waals surface area contributed by atoms with Crippen LogP contribution in [-0.2, 0) is 16.8 Å². The van der Waals surface area contributed by atoms with E-state index >= 15 is 0 Å². The van der Waals surface area contributed by atoms with Crippen LogP contribution in [0.15, 0.2) is 48.7 Å². The zero-order valence-electron chi connectivity index (χ0n) is 13.4. The summed E-state index contributed by atoms with van der Waals surface area (Å²) in [6.45, 7) is 2.93. The molecule has 4 heteroatoms. The highest BCUT2D eigenvalue weighted by Crippen LogP contribution is 2.43. The Kier molecular flexibility index (Phi) is 4.60. The van der Waals surface area contributed by atoms with Gasteiger partial charge in [0.15, 0.2) is 0 Å². The number of nitrogens with zero attached hydrogens (tertiary/aromatic N) is 1. The first-order valence-electron chi connectivity index (χ1n) is 8.17. The van der Waals surface area contributed by atoms with Crippen LogP contribution in [0.5, 0.6) is 5.88 Å². The second-order valence-electron chi connectivity index (χ2n) is 5.89. The lowest BCUT2D eigenvalue weighted by Gasteiger charge is -2.40. The van der Waals surface area contributed by atoms with Crippen molar-refractivity contribution in [1.82, 2.24) is 10.3 Å². The number of carbonyl (C=O) groups is 1. The summed E-state index contributed by atoms with van der Waals surface area (Å²) in [4.78, 5) is 17.0. The first kappa shape index (κ1) is 15.5. The van der Waals surface area contributed by atoms with Gasteiger partial charge in [0, 0.05) is 18.3 Å². The number of amides is 1. The molecule has 1 aromatic carbocycles. The van der Waals surface area contributed by atoms with Crippen molar-refractivity contribution >= 4 is 5.91 Å². The van der Waals surface area contributed by atoms with Gasteiger partial charge < -0.3 is 10.1 Å². The lowest BCUT2D eigenvalue weighted by atomic mass is 9.64. The van der Waals surface area contributed by atoms with Crippen molar-refractivity contribution in [2.75, 3.05) is 6.61 Å². The molecule has 23 heavy (non-hydrogen) atoms. The Labute approximate surface area is 136 Å². The summed E-state index contributed by atoms with van der Waals surface area (Å²) in [6.07, 6.45) is 4.62. The molecule has 1 aromatic heterocycles. The third kappa shape index (κ3) is 3.07. The minimum atomic E-state index is -0.366. The summed E-state index contributed by atoms with van der Waals surface area (Å²) in [5, 5.41) is 3.08. The molecule has 0 saturated heterocycles. The van der Waals surface area contributed by atoms with E-state index in [4.69, 9.17) is 4.74 Å². The second-order valence-corrected chi connectivity index (χ2v) is 5.89. The van der Waals surface area contributed by atoms with Crippen molar-refractivity contribution in [1.29, 1.82) is 0 Å². The van der Waals surface area contributed by atoms with Crippen LogP contribution >= 0.6 is 0 Å². The van der Waals surface area contributed by atoms with E-state index < -0.39 is 0 Å². The molecule has 1 N–H and O–H groups in total. The highest BCUT2D eigenvalue weighted by molar-refractivity contribution is 5.89. The van der Waals surface area contributed by atoms with Gasteiger partial charge in [-0.1, -0.05) is 42.8 Å². The molecule has 0 atom stereocenters. The highest BCUT2D eigenvalue weighted by Gasteiger charge is 2.45. The summed E-state index contributed by atoms with van der Waals surface area (Å²) < 4.78 is 5.52. The van der Waals surface area contributed by atoms with Gasteiger partial charge in [-0.15, -0.1) is 0 Å². The summed E-state index contributed by atoms with van der Waals surface area (Å²) >= 11 is 0. The lowest BCUT2D eigenvalue weighted by molar-refractivity contribution is -0.130. The van der Waals surface area contributed by atoms with Gasteiger partial charge in [0.05, 0.1) is 12.0 Å². The van der Waals surface area contributed by atoms with Gasteiger partial charge in [0.25, 0.3) is 0 Å². The van der Waals surface area contributed by atoms with E-state index in [1.807, 2.05) is 37.3 Å². The zero-order chi connectivity index (χ0) is 16.1. The molecule has 120 valence electrons. The van der Waals surface area contributed by atoms with Gasteiger partial charge in [-0.05, 0) is 31.4 Å². The predicted molar refractivity (Wildman–Crippen MR) is 89.2 cm³/mol. The average Bonchev–Trinajstić information content (AvgIpc) is 2.54. The molecule has 1 heterocycles. The van der Waals surface area contributed by atoms with Crippen LogP contribution in [0, 0.1) is 0 Å². The Morgan fingerprint density at radius 2 is 2.00 bits per heavy atom. The minimum Gasteiger partial charge on any atom is -0.478 e. The molecule has 1 amide bonds. The number of pyridine rings is 1. The Hall–Kier alpha value is -2.36. The maximum Gasteiger partial charge on any atom is 0.230 e. The normalized spacial score (nSPS) is 15.5. The fourth-order valence-corrected chi connectivity index (χ4v) is 3.10. The van der Waals surface area contributed by atoms with E-state index in [-0.39, 0.29) is 11.3 Å². The van der Waals surface area contributed by atoms with E-state index in [1.165, 1.54) is 0 Å². The molecule has 0 bridgehead atoms. The Bertz CT molecular complexity index is 666. The fraction of sp³-hybridized carbons (Fsp3) is 0.368. The zero-order valence-corrected chi connectivity index (χ0v) is 13.4. The Balaban J connectivity index is 1.72. The van der Waals surface area contributed by atoms with E-state index in [2.05, 4.69) is 22.4 Å². The number of ether oxygens (including phenoxy) is 1. The molecule has 1 aliphatic carbocycles. The molecule has 0 aliphatic heterocycles. The molecule has 0 unspecified atom stereocenters. The van der Waals surface area contributed by atoms with Gasteiger partial charge >= 0.3 is 0 Å². The number of aromatic nitrogens is 1. The lowest BCUT2D eigenvalue weighted by Crippen LogP contribution is -2.49. The number of carbonyl (C=O) groups excluding carboxylic acids is 1. The van der Waals surface area contributed by atoms with E-state index in [1.54, 1.807) is 6.20 Å². The van der Waals surface area contributed by atoms with Crippen molar-refractivity contribution in [3.8, 4) is 5.88 Å². The van der Waals surface area contributed by atoms with Crippen molar-refractivity contribution in [3.05, 3.63) is 59.8 Å². The van der Waals surface area contributed by atoms with Crippen molar-refractivity contribution in [2.24, 2.45) is 0 Å². The van der Waals surface area contributed by atoms with Gasteiger partial charge in [0.1, 0.15) is 0 Å². The quantitative estimate of drug-likeness (QED) is 0.891. The Morgan fingerprint density at radius 3 is 2.65 bits per heavy atom. The van der Waals surface area contributed by atoms with E-state index in [0.29, 0.717) is 19.0 Å². The fourth-order valence-electron chi connectivity index (χ4n) is 3.10. The molecule has 1 fully saturated rings. The third-order valence-corrected chi connectivity index (χ3v) is 4.54. The molecule has 0 spiro atoms. The summed E-state index contributed by atoms with van der Waals surface area (Å²) in [7, 11) is 0. The van der Waals surface area contributed by atoms with Crippen molar-refractivity contribution in [2.45, 2.75) is 38.1 Å². The molecular weight excluding hydrogens is 288 g/mol. The standard InChI is InChI=1S/C19H22N2O2/c1-2-23-17-15(8-6-13-20-17)14-21-18(22)19(11-7-12-19)16-9-4-3-5-10-16/h3-6,8-10,13H,2,7,11-12,14H2,1H3,(H,21,22). The van der Waals surface area contributed by atoms with Crippen LogP contribution < -0.4 is 10.1 Å². The minimum absolute atomic E-state index is 0.0984. The predicted octanol–water partition coefficient (Wildman–Crippen LogP) is 3.22. The van der Waals surface area contributed by atoms with Crippen LogP contribution in [0.3, 0.4) is 0 Å². The van der Waals surface area contributed by atoms with Gasteiger partial charge in [-0.25, -0.2) is 4.98 Å². The van der Waals surface area contributed by atoms with Gasteiger partial charge in [-0.2, -0.15) is 0 Å². The number of benzene rings is 1. The first-order chi connectivity index (χ1) is 11.3. The molecule has 1 aliphatic rings. The van der Waals surface area contributed by atoms with Crippen molar-refractivity contribution < 1.29 is 9.53 Å². The largest absolute Gasteiger partial charge is 0.478 e. The number of nitrogens with one attached hydrogen (secondary N) is 1. The average molecular weight is 310 g/mol. The number of hydrogen-bond donors (Lipinski definition) is 1. The van der Waals surface area contributed by atoms with Gasteiger partial charge in [0.2, 0.25) is 11.8 Å². The van der Waals surface area contributed by atoms with Crippen LogP contribution in [-0.4, -0.2) is 17.5 Å². The number of rotatable bonds is 6. The van der Waals surface area contributed by atoms with Gasteiger partial charge in [-0.3, -0.25) is 4.79 Å². The Morgan fingerprint density at radius 1 is 1.22 bits per heavy atom. The maximum atomic E-state index is 12.8. The SMILES string of the molecule is CCOc1ncccc1CNC(=O)C1(c2ccccc2)CCC1. The van der Waals surface area contributed by atoms with Crippen LogP contribution in [0.4, 0.5) is 0 Å². The topological polar surface area (TPSA) is 51.2 Å². The molecular formula is C19H22N2O2. The monoisotopic (exact) mass is 310 g/mol. The summed E-state index contributed by atoms with van der Waals surface area (Å²) in [6, 6.07) is 13.9. The molecule has 4 nitrogen and oxygen atoms in total. The summed E-state index contributed by atoms with van der Waals surface area (Å²) in [5.41, 5.74) is 1.65.